The van der Waals surface area contributed by atoms with Gasteiger partial charge in [-0.1, -0.05) is 0 Å². The Labute approximate surface area is 100 Å². The first-order chi connectivity index (χ1) is 6.83. The molecular weight excluding hydrogens is 284 g/mol. The highest BCUT2D eigenvalue weighted by Crippen LogP contribution is 2.15. The van der Waals surface area contributed by atoms with Crippen molar-refractivity contribution >= 4 is 35.5 Å². The summed E-state index contributed by atoms with van der Waals surface area (Å²) in [5.74, 6) is 0. The van der Waals surface area contributed by atoms with Crippen LogP contribution in [0, 0.1) is 0 Å². The minimum atomic E-state index is -3.88. The van der Waals surface area contributed by atoms with Gasteiger partial charge in [-0.2, -0.15) is 0 Å². The molecule has 0 saturated carbocycles. The van der Waals surface area contributed by atoms with E-state index < -0.39 is 35.5 Å². The fraction of sp³-hybridized carbons (Fsp3) is 1.00. The predicted molar refractivity (Wildman–Crippen MR) is 65.9 cm³/mol. The molecule has 11 heteroatoms. The average molecular weight is 305 g/mol. The Morgan fingerprint density at radius 3 is 1.56 bits per heavy atom. The minimum absolute atomic E-state index is 1.08. The molecular formula is C5H20O7Si4. The van der Waals surface area contributed by atoms with E-state index in [1.165, 1.54) is 13.1 Å². The Balaban J connectivity index is 4.45. The summed E-state index contributed by atoms with van der Waals surface area (Å²) in [6.07, 6.45) is 0. The van der Waals surface area contributed by atoms with Gasteiger partial charge in [0.2, 0.25) is 0 Å². The van der Waals surface area contributed by atoms with E-state index >= 15 is 0 Å². The summed E-state index contributed by atoms with van der Waals surface area (Å²) in [6, 6.07) is 0. The third-order valence-corrected chi connectivity index (χ3v) is 10.9. The first-order valence-electron chi connectivity index (χ1n) is 4.81. The Kier molecular flexibility index (Phi) is 5.69. The lowest BCUT2D eigenvalue weighted by molar-refractivity contribution is 0.139. The Morgan fingerprint density at radius 1 is 0.812 bits per heavy atom. The molecule has 7 nitrogen and oxygen atoms in total. The second-order valence-electron chi connectivity index (χ2n) is 4.10. The van der Waals surface area contributed by atoms with Crippen LogP contribution < -0.4 is 0 Å². The van der Waals surface area contributed by atoms with Crippen molar-refractivity contribution in [2.75, 3.05) is 0 Å². The minimum Gasteiger partial charge on any atom is -0.419 e. The van der Waals surface area contributed by atoms with Gasteiger partial charge in [-0.3, -0.25) is 0 Å². The van der Waals surface area contributed by atoms with Crippen molar-refractivity contribution in [3.8, 4) is 0 Å². The Hall–Kier alpha value is 0.588. The standard InChI is InChI=1S/C5H20O7Si4/c1-13(2)10-15(4,8)12-16(5,9)11-14(3,6)7/h6-9,13H,1-5H3. The molecule has 4 N–H and O–H groups in total. The van der Waals surface area contributed by atoms with Gasteiger partial charge < -0.3 is 31.5 Å². The van der Waals surface area contributed by atoms with Crippen molar-refractivity contribution in [2.45, 2.75) is 32.7 Å². The molecule has 0 amide bonds. The van der Waals surface area contributed by atoms with Crippen LogP contribution in [0.15, 0.2) is 0 Å². The molecule has 0 spiro atoms. The third-order valence-electron chi connectivity index (χ3n) is 1.22. The van der Waals surface area contributed by atoms with Crippen LogP contribution in [0.2, 0.25) is 32.7 Å². The normalized spacial score (nSPS) is 20.6. The average Bonchev–Trinajstić information content (AvgIpc) is 1.69. The zero-order valence-electron chi connectivity index (χ0n) is 10.1. The maximum absolute atomic E-state index is 9.79. The van der Waals surface area contributed by atoms with E-state index in [0.717, 1.165) is 6.55 Å². The van der Waals surface area contributed by atoms with Gasteiger partial charge >= 0.3 is 26.4 Å². The smallest absolute Gasteiger partial charge is 0.419 e. The van der Waals surface area contributed by atoms with Crippen LogP contribution in [0.4, 0.5) is 0 Å². The van der Waals surface area contributed by atoms with Crippen molar-refractivity contribution < 1.29 is 31.5 Å². The van der Waals surface area contributed by atoms with E-state index in [1.54, 1.807) is 0 Å². The van der Waals surface area contributed by atoms with Crippen LogP contribution in [0.3, 0.4) is 0 Å². The molecule has 98 valence electrons. The molecule has 0 saturated heterocycles. The molecule has 0 bridgehead atoms. The van der Waals surface area contributed by atoms with Gasteiger partial charge in [0.15, 0.2) is 9.04 Å². The summed E-state index contributed by atoms with van der Waals surface area (Å²) in [6.45, 7) is 7.33. The van der Waals surface area contributed by atoms with Crippen LogP contribution in [0.5, 0.6) is 0 Å². The van der Waals surface area contributed by atoms with Crippen LogP contribution in [-0.2, 0) is 12.3 Å². The molecule has 0 heterocycles. The first kappa shape index (κ1) is 16.6. The molecule has 0 radical (unpaired) electrons. The van der Waals surface area contributed by atoms with Crippen LogP contribution in [0.25, 0.3) is 0 Å². The highest BCUT2D eigenvalue weighted by Gasteiger charge is 2.47. The summed E-state index contributed by atoms with van der Waals surface area (Å²) in [4.78, 5) is 37.7. The van der Waals surface area contributed by atoms with Crippen LogP contribution in [-0.4, -0.2) is 54.6 Å². The van der Waals surface area contributed by atoms with Crippen molar-refractivity contribution in [1.82, 2.24) is 0 Å². The highest BCUT2D eigenvalue weighted by molar-refractivity contribution is 6.80. The molecule has 0 aliphatic carbocycles. The lowest BCUT2D eigenvalue weighted by Gasteiger charge is -2.31. The van der Waals surface area contributed by atoms with Crippen LogP contribution in [0.1, 0.15) is 0 Å². The molecule has 0 aromatic carbocycles. The summed E-state index contributed by atoms with van der Waals surface area (Å²) >= 11 is 0. The molecule has 0 rings (SSSR count). The molecule has 0 aromatic rings. The highest BCUT2D eigenvalue weighted by atomic mass is 28.5. The van der Waals surface area contributed by atoms with Crippen molar-refractivity contribution in [2.24, 2.45) is 0 Å². The zero-order valence-corrected chi connectivity index (χ0v) is 14.2. The Bertz CT molecular complexity index is 225. The van der Waals surface area contributed by atoms with E-state index in [-0.39, 0.29) is 0 Å². The lowest BCUT2D eigenvalue weighted by Crippen LogP contribution is -2.58. The van der Waals surface area contributed by atoms with Gasteiger partial charge in [0.25, 0.3) is 0 Å². The maximum Gasteiger partial charge on any atom is 0.484 e. The van der Waals surface area contributed by atoms with Gasteiger partial charge in [-0.15, -0.1) is 0 Å². The van der Waals surface area contributed by atoms with Gasteiger partial charge in [-0.25, -0.2) is 0 Å². The molecule has 0 aromatic heterocycles. The summed E-state index contributed by atoms with van der Waals surface area (Å²) < 4.78 is 14.9. The SMILES string of the molecule is C[SiH](C)O[Si](C)(O)O[Si](C)(O)O[Si](C)(O)O. The number of rotatable bonds is 6. The molecule has 0 aliphatic heterocycles. The van der Waals surface area contributed by atoms with Gasteiger partial charge in [0.05, 0.1) is 0 Å². The van der Waals surface area contributed by atoms with Gasteiger partial charge in [0.1, 0.15) is 0 Å². The van der Waals surface area contributed by atoms with Gasteiger partial charge in [0, 0.05) is 19.6 Å². The number of hydrogen-bond donors (Lipinski definition) is 4. The molecule has 0 fully saturated rings. The van der Waals surface area contributed by atoms with Crippen LogP contribution >= 0.6 is 0 Å². The summed E-state index contributed by atoms with van der Waals surface area (Å²) in [7, 11) is -12.6. The van der Waals surface area contributed by atoms with Crippen molar-refractivity contribution in [3.63, 3.8) is 0 Å². The number of hydrogen-bond acceptors (Lipinski definition) is 7. The predicted octanol–water partition coefficient (Wildman–Crippen LogP) is -1.31. The monoisotopic (exact) mass is 304 g/mol. The fourth-order valence-corrected chi connectivity index (χ4v) is 11.5. The summed E-state index contributed by atoms with van der Waals surface area (Å²) in [5, 5.41) is 0. The zero-order chi connectivity index (χ0) is 13.2. The molecule has 2 unspecified atom stereocenters. The van der Waals surface area contributed by atoms with E-state index in [0.29, 0.717) is 0 Å². The molecule has 0 aliphatic rings. The Morgan fingerprint density at radius 2 is 1.25 bits per heavy atom. The van der Waals surface area contributed by atoms with E-state index in [4.69, 9.17) is 17.8 Å². The topological polar surface area (TPSA) is 109 Å². The molecule has 16 heavy (non-hydrogen) atoms. The maximum atomic E-state index is 9.79. The van der Waals surface area contributed by atoms with Crippen molar-refractivity contribution in [3.05, 3.63) is 0 Å². The second-order valence-corrected chi connectivity index (χ2v) is 14.2. The summed E-state index contributed by atoms with van der Waals surface area (Å²) in [5.41, 5.74) is 0. The third kappa shape index (κ3) is 8.71. The first-order valence-corrected chi connectivity index (χ1v) is 14.4. The lowest BCUT2D eigenvalue weighted by atomic mass is 11.9. The quantitative estimate of drug-likeness (QED) is 0.451. The van der Waals surface area contributed by atoms with E-state index in [1.807, 2.05) is 13.1 Å². The molecule has 2 atom stereocenters. The largest absolute Gasteiger partial charge is 0.484 e. The van der Waals surface area contributed by atoms with E-state index in [2.05, 4.69) is 4.12 Å². The van der Waals surface area contributed by atoms with Gasteiger partial charge in [-0.05, 0) is 13.1 Å². The second kappa shape index (κ2) is 5.49. The fourth-order valence-electron chi connectivity index (χ4n) is 1.19. The van der Waals surface area contributed by atoms with Crippen molar-refractivity contribution in [1.29, 1.82) is 0 Å². The van der Waals surface area contributed by atoms with E-state index in [9.17, 15) is 9.59 Å².